The molecule has 3 rings (SSSR count). The van der Waals surface area contributed by atoms with E-state index in [2.05, 4.69) is 10.3 Å². The number of amides is 1. The van der Waals surface area contributed by atoms with Crippen molar-refractivity contribution >= 4 is 57.9 Å². The van der Waals surface area contributed by atoms with E-state index < -0.39 is 40.5 Å². The number of nitrogens with one attached hydrogen (secondary N) is 1. The number of nitrogens with zero attached hydrogens (tertiary/aromatic N) is 2. The van der Waals surface area contributed by atoms with Crippen LogP contribution in [0, 0.1) is 3.88 Å². The number of aliphatic imine (C=N–C) groups is 1. The van der Waals surface area contributed by atoms with Crippen LogP contribution in [0.4, 0.5) is 11.4 Å². The van der Waals surface area contributed by atoms with Crippen LogP contribution in [-0.2, 0) is 32.6 Å². The summed E-state index contributed by atoms with van der Waals surface area (Å²) in [6.07, 6.45) is 1.56. The van der Waals surface area contributed by atoms with Gasteiger partial charge in [0.1, 0.15) is 0 Å². The molecule has 0 unspecified atom stereocenters. The van der Waals surface area contributed by atoms with Gasteiger partial charge in [0.05, 0.1) is 27.0 Å². The molecule has 1 amide bonds. The van der Waals surface area contributed by atoms with Crippen LogP contribution in [0.1, 0.15) is 5.56 Å². The molecule has 1 aliphatic carbocycles. The second-order valence-corrected chi connectivity index (χ2v) is 6.73. The maximum atomic E-state index is 12.5. The number of halogens is 2. The van der Waals surface area contributed by atoms with E-state index >= 15 is 0 Å². The van der Waals surface area contributed by atoms with Gasteiger partial charge in [0.25, 0.3) is 5.91 Å². The molecule has 2 aromatic rings. The van der Waals surface area contributed by atoms with E-state index in [1.54, 1.807) is 0 Å². The fourth-order valence-corrected chi connectivity index (χ4v) is 2.81. The number of hydrogen-bond acceptors (Lipinski definition) is 8. The molecule has 0 aromatic heterocycles. The zero-order valence-electron chi connectivity index (χ0n) is 15.6. The first kappa shape index (κ1) is 25.0. The van der Waals surface area contributed by atoms with E-state index in [1.807, 2.05) is 0 Å². The van der Waals surface area contributed by atoms with Gasteiger partial charge in [-0.25, -0.2) is 0 Å². The minimum atomic E-state index is -1.27. The topological polar surface area (TPSA) is 169 Å². The molecule has 1 aliphatic rings. The number of carbonyl (C=O) groups is 3. The van der Waals surface area contributed by atoms with Gasteiger partial charge in [-0.15, -0.1) is 5.75 Å². The molecule has 12 heteroatoms. The summed E-state index contributed by atoms with van der Waals surface area (Å²) in [5, 5.41) is 38.3. The molecule has 0 aliphatic heterocycles. The van der Waals surface area contributed by atoms with Crippen molar-refractivity contribution in [3.05, 3.63) is 75.5 Å². The standard InChI is InChI=1S/C20H12Cl2N2O6.N.Os/c21-10-7-12(23-19(29)9-3-1-2-4-14(9)25)13(8-11(10)22)24-20(30)17-15(26)5-6-16(27)18(17)28;;/h1-8,25,28H,(H,23,29)(H,24,30);;/p-3. The third-order valence-electron chi connectivity index (χ3n) is 3.94. The zero-order chi connectivity index (χ0) is 24.0. The van der Waals surface area contributed by atoms with Gasteiger partial charge in [-0.1, -0.05) is 47.5 Å². The molecule has 0 saturated heterocycles. The first-order valence-corrected chi connectivity index (χ1v) is 10.2. The molecule has 0 spiro atoms. The Morgan fingerprint density at radius 2 is 1.59 bits per heavy atom. The molecule has 0 heterocycles. The zero-order valence-corrected chi connectivity index (χ0v) is 19.6. The predicted octanol–water partition coefficient (Wildman–Crippen LogP) is 0.779. The third-order valence-corrected chi connectivity index (χ3v) is 4.66. The molecule has 1 N–H and O–H groups in total. The minimum absolute atomic E-state index is 0.00722. The molecule has 165 valence electrons. The Kier molecular flexibility index (Phi) is 8.47. The second kappa shape index (κ2) is 10.8. The van der Waals surface area contributed by atoms with Gasteiger partial charge in [0.15, 0.2) is 11.6 Å². The number of ketones is 2. The van der Waals surface area contributed by atoms with Crippen LogP contribution in [0.2, 0.25) is 10.0 Å². The summed E-state index contributed by atoms with van der Waals surface area (Å²) in [6.45, 7) is 0. The average molecular weight is 648 g/mol. The Balaban J connectivity index is 0.00000176. The molecule has 0 bridgehead atoms. The van der Waals surface area contributed by atoms with Crippen LogP contribution >= 0.6 is 23.2 Å². The van der Waals surface area contributed by atoms with Crippen molar-refractivity contribution in [2.75, 3.05) is 5.32 Å². The third kappa shape index (κ3) is 5.50. The molecule has 0 atom stereocenters. The van der Waals surface area contributed by atoms with E-state index in [9.17, 15) is 29.7 Å². The van der Waals surface area contributed by atoms with Crippen LogP contribution in [0.15, 0.2) is 64.9 Å². The summed E-state index contributed by atoms with van der Waals surface area (Å²) in [5.74, 6) is -5.90. The number of hydrogen-bond donors (Lipinski definition) is 1. The number of carbonyl (C=O) groups excluding carboxylic acids is 3. The number of para-hydroxylation sites is 1. The van der Waals surface area contributed by atoms with Gasteiger partial charge < -0.3 is 20.6 Å². The van der Waals surface area contributed by atoms with Crippen LogP contribution < -0.4 is 20.6 Å². The van der Waals surface area contributed by atoms with E-state index in [4.69, 9.17) is 27.1 Å². The van der Waals surface area contributed by atoms with Crippen molar-refractivity contribution in [2.24, 2.45) is 4.99 Å². The van der Waals surface area contributed by atoms with Crippen molar-refractivity contribution in [3.8, 4) is 5.75 Å². The number of allylic oxidation sites excluding steroid dienone is 2. The Labute approximate surface area is 200 Å². The summed E-state index contributed by atoms with van der Waals surface area (Å²) in [4.78, 5) is 39.6. The van der Waals surface area contributed by atoms with E-state index in [-0.39, 0.29) is 27.0 Å². The van der Waals surface area contributed by atoms with E-state index in [0.717, 1.165) is 42.5 Å². The first-order chi connectivity index (χ1) is 15.2. The van der Waals surface area contributed by atoms with Gasteiger partial charge >= 0.3 is 22.1 Å². The summed E-state index contributed by atoms with van der Waals surface area (Å²) < 4.78 is 7.03. The van der Waals surface area contributed by atoms with Gasteiger partial charge in [0, 0.05) is 0 Å². The normalized spacial score (nSPS) is 13.5. The van der Waals surface area contributed by atoms with Crippen LogP contribution in [0.25, 0.3) is 0 Å². The number of rotatable bonds is 4. The maximum absolute atomic E-state index is 12.5. The Hall–Kier alpha value is -3.27. The average Bonchev–Trinajstić information content (AvgIpc) is 2.76. The molecule has 0 radical (unpaired) electrons. The molecule has 0 saturated carbocycles. The van der Waals surface area contributed by atoms with Gasteiger partial charge in [-0.2, -0.15) is 0 Å². The SMILES string of the molecule is O=C1C=CC(=O)C(C(=O)Nc2cc(Cl)c(Cl)cc2N=C([O-])c2ccccc2[O-])=C1[O-].[N]#[Os]. The van der Waals surface area contributed by atoms with Crippen molar-refractivity contribution < 1.29 is 47.9 Å². The second-order valence-electron chi connectivity index (χ2n) is 5.92. The quantitative estimate of drug-likeness (QED) is 0.221. The van der Waals surface area contributed by atoms with Crippen molar-refractivity contribution in [2.45, 2.75) is 0 Å². The molecule has 9 nitrogen and oxygen atoms in total. The first-order valence-electron chi connectivity index (χ1n) is 8.35. The van der Waals surface area contributed by atoms with Crippen LogP contribution in [0.3, 0.4) is 0 Å². The van der Waals surface area contributed by atoms with Crippen molar-refractivity contribution in [1.29, 1.82) is 3.88 Å². The van der Waals surface area contributed by atoms with Gasteiger partial charge in [-0.05, 0) is 41.5 Å². The Morgan fingerprint density at radius 3 is 2.25 bits per heavy atom. The summed E-state index contributed by atoms with van der Waals surface area (Å²) in [6, 6.07) is 7.69. The Bertz CT molecular complexity index is 1240. The number of anilines is 1. The predicted molar refractivity (Wildman–Crippen MR) is 105 cm³/mol. The van der Waals surface area contributed by atoms with Gasteiger partial charge in [0.2, 0.25) is 0 Å². The summed E-state index contributed by atoms with van der Waals surface area (Å²) in [7, 11) is 0. The van der Waals surface area contributed by atoms with Gasteiger partial charge in [-0.3, -0.25) is 19.4 Å². The molecule has 0 fully saturated rings. The van der Waals surface area contributed by atoms with Crippen molar-refractivity contribution in [1.82, 2.24) is 0 Å². The molecule has 2 aromatic carbocycles. The van der Waals surface area contributed by atoms with E-state index in [1.165, 1.54) is 24.3 Å². The monoisotopic (exact) mass is 649 g/mol. The molecule has 32 heavy (non-hydrogen) atoms. The van der Waals surface area contributed by atoms with E-state index in [0.29, 0.717) is 0 Å². The molecular formula is C20H9Cl2N3O6Os-3. The Morgan fingerprint density at radius 1 is 1.00 bits per heavy atom. The van der Waals surface area contributed by atoms with Crippen LogP contribution in [-0.4, -0.2) is 23.4 Å². The summed E-state index contributed by atoms with van der Waals surface area (Å²) >= 11 is 12.8. The fourth-order valence-electron chi connectivity index (χ4n) is 2.49. The van der Waals surface area contributed by atoms with Crippen molar-refractivity contribution in [3.63, 3.8) is 0 Å². The number of benzene rings is 2. The van der Waals surface area contributed by atoms with Crippen LogP contribution in [0.5, 0.6) is 5.75 Å². The fraction of sp³-hybridized carbons (Fsp3) is 0. The molecular weight excluding hydrogens is 639 g/mol. The summed E-state index contributed by atoms with van der Waals surface area (Å²) in [5.41, 5.74) is -1.45.